The van der Waals surface area contributed by atoms with Crippen molar-refractivity contribution in [2.24, 2.45) is 0 Å². The van der Waals surface area contributed by atoms with Crippen LogP contribution in [0.15, 0.2) is 46.9 Å². The second-order valence-corrected chi connectivity index (χ2v) is 7.62. The minimum Gasteiger partial charge on any atom is -0.378 e. The highest BCUT2D eigenvalue weighted by molar-refractivity contribution is 9.10. The molecule has 28 heavy (non-hydrogen) atoms. The molecule has 1 aliphatic heterocycles. The summed E-state index contributed by atoms with van der Waals surface area (Å²) in [6.45, 7) is 4.21. The van der Waals surface area contributed by atoms with Crippen LogP contribution in [0.25, 0.3) is 0 Å². The van der Waals surface area contributed by atoms with Crippen LogP contribution in [0.4, 0.5) is 5.69 Å². The monoisotopic (exact) mass is 461 g/mol. The summed E-state index contributed by atoms with van der Waals surface area (Å²) in [6.07, 6.45) is 0. The van der Waals surface area contributed by atoms with Crippen molar-refractivity contribution in [3.63, 3.8) is 0 Å². The Hall–Kier alpha value is -2.29. The zero-order valence-electron chi connectivity index (χ0n) is 15.3. The van der Waals surface area contributed by atoms with Crippen molar-refractivity contribution in [1.82, 2.24) is 10.2 Å². The molecule has 8 heteroatoms. The van der Waals surface area contributed by atoms with Gasteiger partial charge < -0.3 is 15.0 Å². The Morgan fingerprint density at radius 1 is 1.11 bits per heavy atom. The third kappa shape index (κ3) is 5.15. The van der Waals surface area contributed by atoms with Gasteiger partial charge in [0.05, 0.1) is 13.2 Å². The van der Waals surface area contributed by atoms with Crippen LogP contribution < -0.4 is 10.6 Å². The number of carbonyl (C=O) groups excluding carboxylic acids is 2. The Kier molecular flexibility index (Phi) is 6.77. The molecule has 0 spiro atoms. The first kappa shape index (κ1) is 20.4. The number of hydrogen-bond acceptors (Lipinski definition) is 4. The fraction of sp³-hybridized carbons (Fsp3) is 0.250. The van der Waals surface area contributed by atoms with E-state index in [2.05, 4.69) is 26.6 Å². The molecule has 1 aliphatic rings. The molecule has 1 heterocycles. The number of benzene rings is 2. The van der Waals surface area contributed by atoms with E-state index in [1.54, 1.807) is 41.3 Å². The molecule has 2 aromatic rings. The van der Waals surface area contributed by atoms with Crippen LogP contribution in [0.5, 0.6) is 0 Å². The average Bonchev–Trinajstić information content (AvgIpc) is 2.70. The molecular weight excluding hydrogens is 442 g/mol. The zero-order valence-corrected chi connectivity index (χ0v) is 17.7. The van der Waals surface area contributed by atoms with Gasteiger partial charge in [0, 0.05) is 34.4 Å². The van der Waals surface area contributed by atoms with Gasteiger partial charge in [-0.05, 0) is 55.0 Å². The minimum atomic E-state index is -0.307. The van der Waals surface area contributed by atoms with E-state index in [0.29, 0.717) is 43.1 Å². The fourth-order valence-electron chi connectivity index (χ4n) is 2.75. The van der Waals surface area contributed by atoms with Gasteiger partial charge >= 0.3 is 0 Å². The van der Waals surface area contributed by atoms with Crippen molar-refractivity contribution in [3.8, 4) is 0 Å². The number of hydrogen-bond donors (Lipinski definition) is 2. The molecule has 2 N–H and O–H groups in total. The van der Waals surface area contributed by atoms with E-state index in [0.717, 1.165) is 10.0 Å². The standard InChI is InChI=1S/C20H20BrN3O3S/c1-13-5-6-14(12-17(13)21)18(25)23-20(28)22-16-4-2-3-15(11-16)19(26)24-7-9-27-10-8-24/h2-6,11-12H,7-10H2,1H3,(H2,22,23,25,28). The summed E-state index contributed by atoms with van der Waals surface area (Å²) >= 11 is 8.65. The van der Waals surface area contributed by atoms with E-state index >= 15 is 0 Å². The van der Waals surface area contributed by atoms with Crippen LogP contribution in [0.2, 0.25) is 0 Å². The highest BCUT2D eigenvalue weighted by Gasteiger charge is 2.18. The van der Waals surface area contributed by atoms with Crippen molar-refractivity contribution in [2.45, 2.75) is 6.92 Å². The van der Waals surface area contributed by atoms with E-state index in [1.807, 2.05) is 13.0 Å². The molecule has 0 aliphatic carbocycles. The van der Waals surface area contributed by atoms with Gasteiger partial charge in [0.2, 0.25) is 0 Å². The number of anilines is 1. The number of rotatable bonds is 3. The molecule has 1 saturated heterocycles. The lowest BCUT2D eigenvalue weighted by Crippen LogP contribution is -2.40. The van der Waals surface area contributed by atoms with Gasteiger partial charge in [0.25, 0.3) is 11.8 Å². The molecule has 0 atom stereocenters. The number of aryl methyl sites for hydroxylation is 1. The van der Waals surface area contributed by atoms with Crippen LogP contribution in [-0.4, -0.2) is 48.1 Å². The quantitative estimate of drug-likeness (QED) is 0.685. The zero-order chi connectivity index (χ0) is 20.1. The SMILES string of the molecule is Cc1ccc(C(=O)NC(=S)Nc2cccc(C(=O)N3CCOCC3)c2)cc1Br. The van der Waals surface area contributed by atoms with Crippen LogP contribution >= 0.6 is 28.1 Å². The fourth-order valence-corrected chi connectivity index (χ4v) is 3.34. The average molecular weight is 462 g/mol. The van der Waals surface area contributed by atoms with E-state index in [4.69, 9.17) is 17.0 Å². The van der Waals surface area contributed by atoms with E-state index < -0.39 is 0 Å². The number of halogens is 1. The molecule has 0 bridgehead atoms. The molecule has 0 aromatic heterocycles. The molecule has 2 aromatic carbocycles. The van der Waals surface area contributed by atoms with Crippen molar-refractivity contribution >= 4 is 50.8 Å². The van der Waals surface area contributed by atoms with Gasteiger partial charge in [-0.25, -0.2) is 0 Å². The maximum atomic E-state index is 12.6. The molecule has 3 rings (SSSR count). The molecular formula is C20H20BrN3O3S. The first-order chi connectivity index (χ1) is 13.4. The van der Waals surface area contributed by atoms with Gasteiger partial charge in [-0.2, -0.15) is 0 Å². The molecule has 0 saturated carbocycles. The summed E-state index contributed by atoms with van der Waals surface area (Å²) in [5, 5.41) is 5.78. The van der Waals surface area contributed by atoms with Gasteiger partial charge in [-0.3, -0.25) is 14.9 Å². The van der Waals surface area contributed by atoms with E-state index in [1.165, 1.54) is 0 Å². The van der Waals surface area contributed by atoms with Gasteiger partial charge in [-0.1, -0.05) is 28.1 Å². The summed E-state index contributed by atoms with van der Waals surface area (Å²) in [7, 11) is 0. The number of morpholine rings is 1. The highest BCUT2D eigenvalue weighted by Crippen LogP contribution is 2.18. The number of nitrogens with zero attached hydrogens (tertiary/aromatic N) is 1. The van der Waals surface area contributed by atoms with Crippen molar-refractivity contribution in [3.05, 3.63) is 63.6 Å². The van der Waals surface area contributed by atoms with Gasteiger partial charge in [0.1, 0.15) is 0 Å². The number of ether oxygens (including phenoxy) is 1. The summed E-state index contributed by atoms with van der Waals surface area (Å²) in [6, 6.07) is 12.4. The molecule has 0 unspecified atom stereocenters. The summed E-state index contributed by atoms with van der Waals surface area (Å²) in [4.78, 5) is 26.7. The van der Waals surface area contributed by atoms with Crippen molar-refractivity contribution in [1.29, 1.82) is 0 Å². The van der Waals surface area contributed by atoms with Gasteiger partial charge in [0.15, 0.2) is 5.11 Å². The summed E-state index contributed by atoms with van der Waals surface area (Å²) in [5.41, 5.74) is 2.73. The number of nitrogens with one attached hydrogen (secondary N) is 2. The number of carbonyl (C=O) groups is 2. The largest absolute Gasteiger partial charge is 0.378 e. The van der Waals surface area contributed by atoms with E-state index in [9.17, 15) is 9.59 Å². The maximum Gasteiger partial charge on any atom is 0.257 e. The first-order valence-corrected chi connectivity index (χ1v) is 10.00. The second-order valence-electron chi connectivity index (χ2n) is 6.36. The third-order valence-electron chi connectivity index (χ3n) is 4.33. The first-order valence-electron chi connectivity index (χ1n) is 8.79. The molecule has 0 radical (unpaired) electrons. The Morgan fingerprint density at radius 3 is 2.57 bits per heavy atom. The lowest BCUT2D eigenvalue weighted by Gasteiger charge is -2.27. The topological polar surface area (TPSA) is 70.7 Å². The molecule has 6 nitrogen and oxygen atoms in total. The van der Waals surface area contributed by atoms with Gasteiger partial charge in [-0.15, -0.1) is 0 Å². The maximum absolute atomic E-state index is 12.6. The minimum absolute atomic E-state index is 0.0496. The van der Waals surface area contributed by atoms with Crippen molar-refractivity contribution in [2.75, 3.05) is 31.6 Å². The number of thiocarbonyl (C=S) groups is 1. The van der Waals surface area contributed by atoms with E-state index in [-0.39, 0.29) is 16.9 Å². The predicted octanol–water partition coefficient (Wildman–Crippen LogP) is 3.36. The Bertz CT molecular complexity index is 913. The normalized spacial score (nSPS) is 13.7. The van der Waals surface area contributed by atoms with Crippen LogP contribution in [-0.2, 0) is 4.74 Å². The van der Waals surface area contributed by atoms with Crippen molar-refractivity contribution < 1.29 is 14.3 Å². The third-order valence-corrected chi connectivity index (χ3v) is 5.39. The highest BCUT2D eigenvalue weighted by atomic mass is 79.9. The Balaban J connectivity index is 1.63. The number of amides is 2. The second kappa shape index (κ2) is 9.27. The molecule has 146 valence electrons. The molecule has 2 amide bonds. The lowest BCUT2D eigenvalue weighted by atomic mass is 10.1. The smallest absolute Gasteiger partial charge is 0.257 e. The summed E-state index contributed by atoms with van der Waals surface area (Å²) in [5.74, 6) is -0.356. The van der Waals surface area contributed by atoms with Crippen LogP contribution in [0, 0.1) is 6.92 Å². The predicted molar refractivity (Wildman–Crippen MR) is 116 cm³/mol. The Morgan fingerprint density at radius 2 is 1.86 bits per heavy atom. The van der Waals surface area contributed by atoms with Crippen LogP contribution in [0.3, 0.4) is 0 Å². The molecule has 1 fully saturated rings. The lowest BCUT2D eigenvalue weighted by molar-refractivity contribution is 0.0303. The Labute approximate surface area is 177 Å². The van der Waals surface area contributed by atoms with Crippen LogP contribution in [0.1, 0.15) is 26.3 Å². The summed E-state index contributed by atoms with van der Waals surface area (Å²) < 4.78 is 6.14.